The van der Waals surface area contributed by atoms with E-state index in [0.29, 0.717) is 80.1 Å². The Bertz CT molecular complexity index is 1370. The van der Waals surface area contributed by atoms with Crippen LogP contribution in [0, 0.1) is 0 Å². The van der Waals surface area contributed by atoms with Crippen LogP contribution < -0.4 is 43.0 Å². The summed E-state index contributed by atoms with van der Waals surface area (Å²) in [5.74, 6) is -0.442. The second-order valence-corrected chi connectivity index (χ2v) is 11.1. The summed E-state index contributed by atoms with van der Waals surface area (Å²) >= 11 is 0. The molecule has 0 aliphatic carbocycles. The third kappa shape index (κ3) is 9.59. The number of nitrogens with one attached hydrogen (secondary N) is 2. The van der Waals surface area contributed by atoms with Gasteiger partial charge in [-0.3, -0.25) is 9.59 Å². The van der Waals surface area contributed by atoms with E-state index in [1.54, 1.807) is 11.0 Å². The Morgan fingerprint density at radius 1 is 0.886 bits per heavy atom. The number of benzene rings is 2. The molecule has 14 nitrogen and oxygen atoms in total. The fourth-order valence-electron chi connectivity index (χ4n) is 4.21. The van der Waals surface area contributed by atoms with Gasteiger partial charge in [0, 0.05) is 30.6 Å². The minimum absolute atomic E-state index is 0.0538. The predicted molar refractivity (Wildman–Crippen MR) is 169 cm³/mol. The van der Waals surface area contributed by atoms with Gasteiger partial charge in [0.05, 0.1) is 50.9 Å². The van der Waals surface area contributed by atoms with Crippen molar-refractivity contribution >= 4 is 40.7 Å². The van der Waals surface area contributed by atoms with Crippen LogP contribution in [-0.2, 0) is 9.47 Å². The van der Waals surface area contributed by atoms with Crippen LogP contribution in [0.5, 0.6) is 11.5 Å². The van der Waals surface area contributed by atoms with E-state index in [4.69, 9.17) is 41.9 Å². The number of likely N-dealkylation sites (tertiary alicyclic amines) is 1. The molecule has 10 N–H and O–H groups in total. The number of methoxy groups -OCH3 is 1. The van der Waals surface area contributed by atoms with Crippen molar-refractivity contribution in [2.45, 2.75) is 38.9 Å². The van der Waals surface area contributed by atoms with Gasteiger partial charge in [0.2, 0.25) is 11.8 Å². The zero-order chi connectivity index (χ0) is 32.4. The van der Waals surface area contributed by atoms with Gasteiger partial charge < -0.3 is 57.4 Å². The summed E-state index contributed by atoms with van der Waals surface area (Å²) in [6.07, 6.45) is 3.90. The fourth-order valence-corrected chi connectivity index (χ4v) is 4.21. The van der Waals surface area contributed by atoms with Gasteiger partial charge in [-0.25, -0.2) is 4.79 Å². The van der Waals surface area contributed by atoms with E-state index in [1.807, 2.05) is 32.9 Å². The lowest BCUT2D eigenvalue weighted by Crippen LogP contribution is -2.56. The minimum Gasteiger partial charge on any atom is -0.494 e. The van der Waals surface area contributed by atoms with Crippen LogP contribution in [0.25, 0.3) is 0 Å². The van der Waals surface area contributed by atoms with Crippen LogP contribution in [0.2, 0.25) is 0 Å². The molecule has 44 heavy (non-hydrogen) atoms. The summed E-state index contributed by atoms with van der Waals surface area (Å²) in [6, 6.07) is 6.04. The molecule has 0 aromatic heterocycles. The molecule has 2 aromatic carbocycles. The number of nitrogens with zero attached hydrogens (tertiary/aromatic N) is 1. The van der Waals surface area contributed by atoms with Gasteiger partial charge in [-0.05, 0) is 45.0 Å². The van der Waals surface area contributed by atoms with Gasteiger partial charge in [0.15, 0.2) is 0 Å². The number of hydrogen-bond donors (Lipinski definition) is 6. The van der Waals surface area contributed by atoms with Crippen molar-refractivity contribution in [1.29, 1.82) is 0 Å². The molecule has 0 radical (unpaired) electrons. The Morgan fingerprint density at radius 3 is 1.91 bits per heavy atom. The highest BCUT2D eigenvalue weighted by atomic mass is 16.6. The van der Waals surface area contributed by atoms with Crippen LogP contribution >= 0.6 is 0 Å². The van der Waals surface area contributed by atoms with Gasteiger partial charge in [-0.2, -0.15) is 0 Å². The molecule has 0 saturated carbocycles. The number of hydrogen-bond acceptors (Lipinski definition) is 11. The van der Waals surface area contributed by atoms with E-state index < -0.39 is 17.4 Å². The molecule has 1 fully saturated rings. The molecule has 1 heterocycles. The van der Waals surface area contributed by atoms with Crippen molar-refractivity contribution in [3.63, 3.8) is 0 Å². The average Bonchev–Trinajstić information content (AvgIpc) is 2.91. The highest BCUT2D eigenvalue weighted by Gasteiger charge is 2.34. The van der Waals surface area contributed by atoms with E-state index in [9.17, 15) is 14.4 Å². The number of carbonyl (C=O) groups excluding carboxylic acids is 3. The first-order chi connectivity index (χ1) is 20.8. The predicted octanol–water partition coefficient (Wildman–Crippen LogP) is 2.54. The van der Waals surface area contributed by atoms with Crippen molar-refractivity contribution < 1.29 is 33.3 Å². The molecule has 3 amide bonds. The quantitative estimate of drug-likeness (QED) is 0.0973. The van der Waals surface area contributed by atoms with Crippen LogP contribution in [0.3, 0.4) is 0 Å². The second kappa shape index (κ2) is 15.0. The number of primary amides is 2. The third-order valence-electron chi connectivity index (χ3n) is 6.41. The number of rotatable bonds is 15. The fraction of sp³-hybridized carbons (Fsp3) is 0.433. The maximum Gasteiger partial charge on any atom is 0.410 e. The highest BCUT2D eigenvalue weighted by Crippen LogP contribution is 2.33. The first kappa shape index (κ1) is 33.6. The second-order valence-electron chi connectivity index (χ2n) is 11.1. The smallest absolute Gasteiger partial charge is 0.410 e. The zero-order valence-electron chi connectivity index (χ0n) is 25.6. The largest absolute Gasteiger partial charge is 0.494 e. The van der Waals surface area contributed by atoms with Gasteiger partial charge in [0.1, 0.15) is 28.5 Å². The van der Waals surface area contributed by atoms with Gasteiger partial charge in [-0.1, -0.05) is 12.2 Å². The molecule has 0 spiro atoms. The van der Waals surface area contributed by atoms with Gasteiger partial charge >= 0.3 is 6.09 Å². The van der Waals surface area contributed by atoms with Crippen molar-refractivity contribution in [2.75, 3.05) is 68.6 Å². The van der Waals surface area contributed by atoms with Crippen molar-refractivity contribution in [3.05, 3.63) is 47.5 Å². The molecule has 1 aliphatic heterocycles. The number of ether oxygens (including phenoxy) is 4. The topological polar surface area (TPSA) is 220 Å². The molecule has 2 aromatic rings. The summed E-state index contributed by atoms with van der Waals surface area (Å²) in [5.41, 5.74) is 24.7. The molecule has 3 rings (SSSR count). The van der Waals surface area contributed by atoms with Gasteiger partial charge in [0.25, 0.3) is 0 Å². The average molecular weight is 614 g/mol. The highest BCUT2D eigenvalue weighted by molar-refractivity contribution is 5.97. The number of carbonyl (C=O) groups is 3. The van der Waals surface area contributed by atoms with Crippen LogP contribution in [0.4, 0.5) is 27.5 Å². The maximum atomic E-state index is 12.1. The minimum atomic E-state index is -0.625. The summed E-state index contributed by atoms with van der Waals surface area (Å²) in [7, 11) is 1.47. The number of amides is 3. The molecule has 1 aliphatic rings. The standard InChI is InChI=1S/C30H43N7O7/c1-30(2,3)44-29(40)37-16-20(17-37)42-10-7-11-43-24-15-19(28(34)39)13-22(32)26(24)36-9-6-5-8-35-25-21(31)12-18(27(33)38)14-23(25)41-4/h5-6,12-15,20,35-36H,7-11,16-17,31-32H2,1-4H3,(H2,33,38)(H2,34,39)/b6-5+. The molecular formula is C30H43N7O7. The van der Waals surface area contributed by atoms with E-state index in [-0.39, 0.29) is 23.3 Å². The van der Waals surface area contributed by atoms with Crippen LogP contribution in [0.1, 0.15) is 47.9 Å². The lowest BCUT2D eigenvalue weighted by atomic mass is 10.1. The van der Waals surface area contributed by atoms with Gasteiger partial charge in [-0.15, -0.1) is 0 Å². The van der Waals surface area contributed by atoms with Crippen molar-refractivity contribution in [3.8, 4) is 11.5 Å². The Kier molecular flexibility index (Phi) is 11.5. The summed E-state index contributed by atoms with van der Waals surface area (Å²) < 4.78 is 22.4. The first-order valence-corrected chi connectivity index (χ1v) is 14.1. The monoisotopic (exact) mass is 613 g/mol. The number of nitrogen functional groups attached to an aromatic ring is 2. The molecule has 0 bridgehead atoms. The van der Waals surface area contributed by atoms with Crippen LogP contribution in [0.15, 0.2) is 36.4 Å². The molecule has 1 saturated heterocycles. The summed E-state index contributed by atoms with van der Waals surface area (Å²) in [6.45, 7) is 7.97. The Morgan fingerprint density at radius 2 is 1.41 bits per heavy atom. The maximum absolute atomic E-state index is 12.1. The number of nitrogens with two attached hydrogens (primary N) is 4. The van der Waals surface area contributed by atoms with E-state index in [0.717, 1.165) is 0 Å². The Hall–Kier alpha value is -4.85. The molecule has 14 heteroatoms. The SMILES string of the molecule is COc1cc(C(N)=O)cc(N)c1NC/C=C/CNc1c(N)cc(C(N)=O)cc1OCCCOC1CN(C(=O)OC(C)(C)C)C1. The normalized spacial score (nSPS) is 13.3. The van der Waals surface area contributed by atoms with E-state index >= 15 is 0 Å². The molecular weight excluding hydrogens is 570 g/mol. The molecule has 240 valence electrons. The first-order valence-electron chi connectivity index (χ1n) is 14.1. The Balaban J connectivity index is 1.48. The lowest BCUT2D eigenvalue weighted by molar-refractivity contribution is -0.0647. The zero-order valence-corrected chi connectivity index (χ0v) is 25.6. The summed E-state index contributed by atoms with van der Waals surface area (Å²) in [5, 5.41) is 6.37. The number of anilines is 4. The van der Waals surface area contributed by atoms with Crippen molar-refractivity contribution in [1.82, 2.24) is 4.90 Å². The Labute approximate surface area is 257 Å². The van der Waals surface area contributed by atoms with Crippen LogP contribution in [-0.4, -0.2) is 81.0 Å². The summed E-state index contributed by atoms with van der Waals surface area (Å²) in [4.78, 5) is 36.9. The van der Waals surface area contributed by atoms with Crippen molar-refractivity contribution in [2.24, 2.45) is 11.5 Å². The van der Waals surface area contributed by atoms with E-state index in [2.05, 4.69) is 10.6 Å². The third-order valence-corrected chi connectivity index (χ3v) is 6.41. The lowest BCUT2D eigenvalue weighted by Gasteiger charge is -2.39. The molecule has 0 atom stereocenters. The van der Waals surface area contributed by atoms with E-state index in [1.165, 1.54) is 25.3 Å². The molecule has 0 unspecified atom stereocenters.